The third kappa shape index (κ3) is 5.59. The molecule has 10 heteroatoms. The Hall–Kier alpha value is -2.62. The van der Waals surface area contributed by atoms with Gasteiger partial charge in [-0.3, -0.25) is 4.79 Å². The molecule has 3 rings (SSSR count). The molecular weight excluding hydrogens is 566 g/mol. The summed E-state index contributed by atoms with van der Waals surface area (Å²) >= 11 is 12.7. The first-order chi connectivity index (χ1) is 15.2. The number of halogens is 3. The molecule has 1 amide bonds. The van der Waals surface area contributed by atoms with Gasteiger partial charge in [0.1, 0.15) is 5.75 Å². The Bertz CT molecular complexity index is 1220. The van der Waals surface area contributed by atoms with Crippen LogP contribution in [-0.2, 0) is 4.79 Å². The Morgan fingerprint density at radius 3 is 2.62 bits per heavy atom. The van der Waals surface area contributed by atoms with E-state index in [2.05, 4.69) is 42.4 Å². The summed E-state index contributed by atoms with van der Waals surface area (Å²) in [4.78, 5) is 23.4. The van der Waals surface area contributed by atoms with Gasteiger partial charge in [0.05, 0.1) is 21.3 Å². The van der Waals surface area contributed by atoms with Crippen LogP contribution in [0.3, 0.4) is 0 Å². The van der Waals surface area contributed by atoms with Gasteiger partial charge < -0.3 is 14.4 Å². The highest BCUT2D eigenvalue weighted by Crippen LogP contribution is 2.28. The van der Waals surface area contributed by atoms with Crippen LogP contribution < -0.4 is 10.2 Å². The molecule has 0 spiro atoms. The molecule has 1 aromatic heterocycles. The van der Waals surface area contributed by atoms with Gasteiger partial charge in [-0.25, -0.2) is 10.2 Å². The van der Waals surface area contributed by atoms with Gasteiger partial charge in [0.25, 0.3) is 5.91 Å². The summed E-state index contributed by atoms with van der Waals surface area (Å²) in [6.45, 7) is 3.57. The highest BCUT2D eigenvalue weighted by molar-refractivity contribution is 9.11. The average molecular weight is 584 g/mol. The second-order valence-electron chi connectivity index (χ2n) is 6.79. The lowest BCUT2D eigenvalue weighted by Gasteiger charge is -2.11. The Balaban J connectivity index is 1.69. The Labute approximate surface area is 206 Å². The van der Waals surface area contributed by atoms with E-state index >= 15 is 0 Å². The number of benzene rings is 2. The summed E-state index contributed by atoms with van der Waals surface area (Å²) in [6, 6.07) is 12.1. The molecule has 1 heterocycles. The lowest BCUT2D eigenvalue weighted by molar-refractivity contribution is -0.123. The molecule has 2 N–H and O–H groups in total. The number of aromatic carboxylic acids is 1. The number of ether oxygens (including phenoxy) is 1. The number of carbonyl (C=O) groups excluding carboxylic acids is 1. The van der Waals surface area contributed by atoms with Gasteiger partial charge in [-0.05, 0) is 72.2 Å². The second kappa shape index (κ2) is 10.3. The van der Waals surface area contributed by atoms with Crippen molar-refractivity contribution in [2.45, 2.75) is 13.8 Å². The van der Waals surface area contributed by atoms with E-state index in [9.17, 15) is 14.7 Å². The van der Waals surface area contributed by atoms with Crippen LogP contribution in [0.4, 0.5) is 0 Å². The Morgan fingerprint density at radius 2 is 1.94 bits per heavy atom. The van der Waals surface area contributed by atoms with Crippen LogP contribution in [0.2, 0.25) is 5.02 Å². The Morgan fingerprint density at radius 1 is 1.19 bits per heavy atom. The molecule has 0 saturated heterocycles. The lowest BCUT2D eigenvalue weighted by atomic mass is 10.2. The quantitative estimate of drug-likeness (QED) is 0.284. The molecule has 7 nitrogen and oxygen atoms in total. The number of hydrazone groups is 1. The molecule has 166 valence electrons. The fourth-order valence-electron chi connectivity index (χ4n) is 3.07. The molecule has 0 fully saturated rings. The number of carbonyl (C=O) groups is 2. The van der Waals surface area contributed by atoms with Gasteiger partial charge in [0, 0.05) is 27.1 Å². The topological polar surface area (TPSA) is 92.9 Å². The fourth-order valence-corrected chi connectivity index (χ4v) is 4.43. The van der Waals surface area contributed by atoms with E-state index in [4.69, 9.17) is 16.3 Å². The van der Waals surface area contributed by atoms with Crippen molar-refractivity contribution >= 4 is 61.6 Å². The number of aromatic nitrogens is 1. The summed E-state index contributed by atoms with van der Waals surface area (Å²) in [5, 5.41) is 13.5. The minimum Gasteiger partial charge on any atom is -0.483 e. The predicted octanol–water partition coefficient (Wildman–Crippen LogP) is 5.50. The van der Waals surface area contributed by atoms with Crippen molar-refractivity contribution in [1.82, 2.24) is 9.99 Å². The maximum Gasteiger partial charge on any atom is 0.337 e. The molecule has 0 aliphatic rings. The van der Waals surface area contributed by atoms with E-state index in [0.29, 0.717) is 11.4 Å². The zero-order valence-electron chi connectivity index (χ0n) is 17.0. The molecule has 0 aliphatic carbocycles. The van der Waals surface area contributed by atoms with Gasteiger partial charge in [-0.15, -0.1) is 0 Å². The van der Waals surface area contributed by atoms with Crippen LogP contribution in [0.5, 0.6) is 5.75 Å². The highest BCUT2D eigenvalue weighted by Gasteiger charge is 2.14. The van der Waals surface area contributed by atoms with Crippen LogP contribution in [0.1, 0.15) is 27.3 Å². The molecule has 0 saturated carbocycles. The normalized spacial score (nSPS) is 11.0. The average Bonchev–Trinajstić information content (AvgIpc) is 3.01. The summed E-state index contributed by atoms with van der Waals surface area (Å²) in [5.74, 6) is -0.963. The minimum atomic E-state index is -1.10. The maximum absolute atomic E-state index is 12.0. The van der Waals surface area contributed by atoms with E-state index in [1.54, 1.807) is 18.2 Å². The number of aryl methyl sites for hydroxylation is 1. The van der Waals surface area contributed by atoms with Crippen LogP contribution in [0.25, 0.3) is 5.69 Å². The van der Waals surface area contributed by atoms with E-state index in [0.717, 1.165) is 25.9 Å². The van der Waals surface area contributed by atoms with Crippen LogP contribution in [0.15, 0.2) is 56.5 Å². The van der Waals surface area contributed by atoms with E-state index < -0.39 is 11.9 Å². The van der Waals surface area contributed by atoms with Crippen molar-refractivity contribution in [3.8, 4) is 11.4 Å². The van der Waals surface area contributed by atoms with Crippen molar-refractivity contribution in [1.29, 1.82) is 0 Å². The summed E-state index contributed by atoms with van der Waals surface area (Å²) < 4.78 is 8.99. The first kappa shape index (κ1) is 24.0. The number of nitrogens with one attached hydrogen (secondary N) is 1. The molecule has 3 aromatic rings. The molecule has 0 unspecified atom stereocenters. The van der Waals surface area contributed by atoms with Crippen molar-refractivity contribution in [2.24, 2.45) is 5.10 Å². The zero-order chi connectivity index (χ0) is 23.4. The zero-order valence-corrected chi connectivity index (χ0v) is 21.0. The van der Waals surface area contributed by atoms with Gasteiger partial charge in [0.2, 0.25) is 0 Å². The number of rotatable bonds is 7. The number of hydrogen-bond donors (Lipinski definition) is 2. The third-order valence-electron chi connectivity index (χ3n) is 4.55. The number of amides is 1. The number of carboxylic acids is 1. The van der Waals surface area contributed by atoms with Crippen molar-refractivity contribution in [2.75, 3.05) is 6.61 Å². The van der Waals surface area contributed by atoms with Gasteiger partial charge in [0.15, 0.2) is 6.61 Å². The van der Waals surface area contributed by atoms with E-state index in [1.165, 1.54) is 12.3 Å². The second-order valence-corrected chi connectivity index (χ2v) is 8.96. The van der Waals surface area contributed by atoms with Crippen molar-refractivity contribution in [3.63, 3.8) is 0 Å². The number of hydrogen-bond acceptors (Lipinski definition) is 4. The third-order valence-corrected chi connectivity index (χ3v) is 6.00. The molecule has 0 atom stereocenters. The predicted molar refractivity (Wildman–Crippen MR) is 130 cm³/mol. The summed E-state index contributed by atoms with van der Waals surface area (Å²) in [7, 11) is 0. The number of nitrogens with zero attached hydrogens (tertiary/aromatic N) is 2. The maximum atomic E-state index is 12.0. The lowest BCUT2D eigenvalue weighted by Crippen LogP contribution is -2.24. The highest BCUT2D eigenvalue weighted by atomic mass is 79.9. The molecule has 0 bridgehead atoms. The van der Waals surface area contributed by atoms with Gasteiger partial charge in [-0.1, -0.05) is 27.5 Å². The molecular formula is C22H18Br2ClN3O4. The van der Waals surface area contributed by atoms with Crippen molar-refractivity contribution < 1.29 is 19.4 Å². The first-order valence-electron chi connectivity index (χ1n) is 9.29. The first-order valence-corrected chi connectivity index (χ1v) is 11.3. The summed E-state index contributed by atoms with van der Waals surface area (Å²) in [5.41, 5.74) is 5.60. The van der Waals surface area contributed by atoms with Crippen LogP contribution in [0, 0.1) is 13.8 Å². The number of carboxylic acid groups (broad SMARTS) is 1. The van der Waals surface area contributed by atoms with Gasteiger partial charge >= 0.3 is 5.97 Å². The monoisotopic (exact) mass is 581 g/mol. The van der Waals surface area contributed by atoms with E-state index in [1.807, 2.05) is 36.6 Å². The van der Waals surface area contributed by atoms with Gasteiger partial charge in [-0.2, -0.15) is 5.10 Å². The van der Waals surface area contributed by atoms with Crippen LogP contribution >= 0.6 is 43.5 Å². The largest absolute Gasteiger partial charge is 0.483 e. The SMILES string of the molecule is Cc1cc(/C=N/NC(=O)COc2ccc(Br)cc2Br)c(C)n1-c1ccc(Cl)c(C(=O)O)c1. The van der Waals surface area contributed by atoms with Crippen LogP contribution in [-0.4, -0.2) is 34.4 Å². The smallest absolute Gasteiger partial charge is 0.337 e. The van der Waals surface area contributed by atoms with Crippen molar-refractivity contribution in [3.05, 3.63) is 78.9 Å². The molecule has 0 radical (unpaired) electrons. The minimum absolute atomic E-state index is 0.0246. The fraction of sp³-hybridized carbons (Fsp3) is 0.136. The standard InChI is InChI=1S/C22H18Br2ClN3O4/c1-12-7-14(13(2)28(12)16-4-5-19(25)17(9-16)22(30)31)10-26-27-21(29)11-32-20-6-3-15(23)8-18(20)24/h3-10H,11H2,1-2H3,(H,27,29)(H,30,31)/b26-10+. The summed E-state index contributed by atoms with van der Waals surface area (Å²) in [6.07, 6.45) is 1.53. The molecule has 32 heavy (non-hydrogen) atoms. The molecule has 2 aromatic carbocycles. The molecule has 0 aliphatic heterocycles. The van der Waals surface area contributed by atoms with E-state index in [-0.39, 0.29) is 17.2 Å². The Kier molecular flexibility index (Phi) is 7.76.